The first-order chi connectivity index (χ1) is 12.1. The molecular weight excluding hydrogens is 443 g/mol. The van der Waals surface area contributed by atoms with Gasteiger partial charge >= 0.3 is 0 Å². The minimum absolute atomic E-state index is 0. The molecule has 2 heterocycles. The summed E-state index contributed by atoms with van der Waals surface area (Å²) in [6, 6.07) is 0.385. The second kappa shape index (κ2) is 12.5. The van der Waals surface area contributed by atoms with Crippen molar-refractivity contribution in [3.63, 3.8) is 0 Å². The first-order valence-electron chi connectivity index (χ1n) is 9.69. The van der Waals surface area contributed by atoms with Gasteiger partial charge in [-0.2, -0.15) is 0 Å². The van der Waals surface area contributed by atoms with Crippen LogP contribution in [0.2, 0.25) is 0 Å². The number of hydrogen-bond acceptors (Lipinski definition) is 3. The summed E-state index contributed by atoms with van der Waals surface area (Å²) in [5.41, 5.74) is 1.45. The second-order valence-electron chi connectivity index (χ2n) is 7.10. The van der Waals surface area contributed by atoms with Gasteiger partial charge in [0.2, 0.25) is 5.91 Å². The summed E-state index contributed by atoms with van der Waals surface area (Å²) in [4.78, 5) is 18.8. The van der Waals surface area contributed by atoms with Gasteiger partial charge < -0.3 is 20.3 Å². The highest BCUT2D eigenvalue weighted by Crippen LogP contribution is 2.14. The minimum Gasteiger partial charge on any atom is -0.377 e. The molecule has 2 N–H and O–H groups in total. The van der Waals surface area contributed by atoms with E-state index in [2.05, 4.69) is 23.6 Å². The van der Waals surface area contributed by atoms with Crippen LogP contribution in [0.5, 0.6) is 0 Å². The summed E-state index contributed by atoms with van der Waals surface area (Å²) in [5, 5.41) is 6.87. The quantitative estimate of drug-likeness (QED) is 0.267. The maximum absolute atomic E-state index is 12.1. The average molecular weight is 478 g/mol. The lowest BCUT2D eigenvalue weighted by molar-refractivity contribution is -0.135. The van der Waals surface area contributed by atoms with Gasteiger partial charge in [0.05, 0.1) is 13.2 Å². The second-order valence-corrected chi connectivity index (χ2v) is 7.10. The van der Waals surface area contributed by atoms with Crippen molar-refractivity contribution >= 4 is 35.8 Å². The van der Waals surface area contributed by atoms with Crippen molar-refractivity contribution in [1.29, 1.82) is 0 Å². The molecule has 0 spiro atoms. The summed E-state index contributed by atoms with van der Waals surface area (Å²) < 4.78 is 5.34. The number of halogens is 1. The Kier molecular flexibility index (Phi) is 11.2. The molecule has 7 heteroatoms. The Morgan fingerprint density at radius 2 is 2.12 bits per heavy atom. The third kappa shape index (κ3) is 7.82. The minimum atomic E-state index is 0. The lowest BCUT2D eigenvalue weighted by Gasteiger charge is -2.34. The molecule has 0 aromatic rings. The molecule has 2 aliphatic heterocycles. The van der Waals surface area contributed by atoms with Crippen molar-refractivity contribution in [1.82, 2.24) is 15.5 Å². The summed E-state index contributed by atoms with van der Waals surface area (Å²) in [5.74, 6) is 1.25. The molecule has 1 fully saturated rings. The van der Waals surface area contributed by atoms with E-state index in [0.717, 1.165) is 71.0 Å². The van der Waals surface area contributed by atoms with Crippen molar-refractivity contribution in [3.05, 3.63) is 11.6 Å². The van der Waals surface area contributed by atoms with Crippen molar-refractivity contribution < 1.29 is 9.53 Å². The zero-order valence-electron chi connectivity index (χ0n) is 16.4. The van der Waals surface area contributed by atoms with E-state index >= 15 is 0 Å². The molecule has 2 aliphatic rings. The Morgan fingerprint density at radius 3 is 2.69 bits per heavy atom. The van der Waals surface area contributed by atoms with Crippen LogP contribution in [0, 0.1) is 5.92 Å². The normalized spacial score (nSPS) is 19.0. The predicted molar refractivity (Wildman–Crippen MR) is 117 cm³/mol. The SMILES string of the molecule is CCNC(=NCCC1=CCOCC1)NC1CCN(C(=O)C(C)C)CC1.I. The maximum atomic E-state index is 12.1. The molecule has 26 heavy (non-hydrogen) atoms. The van der Waals surface area contributed by atoms with E-state index < -0.39 is 0 Å². The highest BCUT2D eigenvalue weighted by atomic mass is 127. The zero-order chi connectivity index (χ0) is 18.1. The summed E-state index contributed by atoms with van der Waals surface area (Å²) in [6.45, 7) is 10.9. The van der Waals surface area contributed by atoms with Gasteiger partial charge in [-0.3, -0.25) is 9.79 Å². The van der Waals surface area contributed by atoms with Crippen LogP contribution in [-0.2, 0) is 9.53 Å². The number of rotatable bonds is 6. The van der Waals surface area contributed by atoms with E-state index in [1.165, 1.54) is 5.57 Å². The number of amides is 1. The number of piperidine rings is 1. The largest absolute Gasteiger partial charge is 0.377 e. The molecule has 0 saturated carbocycles. The highest BCUT2D eigenvalue weighted by Gasteiger charge is 2.24. The van der Waals surface area contributed by atoms with E-state index in [0.29, 0.717) is 6.04 Å². The van der Waals surface area contributed by atoms with E-state index in [1.807, 2.05) is 18.7 Å². The molecule has 0 aliphatic carbocycles. The van der Waals surface area contributed by atoms with E-state index in [1.54, 1.807) is 0 Å². The Balaban J connectivity index is 0.00000338. The van der Waals surface area contributed by atoms with E-state index in [4.69, 9.17) is 9.73 Å². The third-order valence-electron chi connectivity index (χ3n) is 4.75. The molecule has 6 nitrogen and oxygen atoms in total. The molecule has 0 atom stereocenters. The Hall–Kier alpha value is -0.830. The van der Waals surface area contributed by atoms with Crippen LogP contribution in [0.1, 0.15) is 46.5 Å². The van der Waals surface area contributed by atoms with E-state index in [-0.39, 0.29) is 35.8 Å². The fraction of sp³-hybridized carbons (Fsp3) is 0.789. The molecular formula is C19H35IN4O2. The number of carbonyl (C=O) groups is 1. The number of nitrogens with one attached hydrogen (secondary N) is 2. The molecule has 0 aromatic carbocycles. The molecule has 0 aromatic heterocycles. The number of nitrogens with zero attached hydrogens (tertiary/aromatic N) is 2. The molecule has 0 bridgehead atoms. The van der Waals surface area contributed by atoms with Crippen molar-refractivity contribution in [2.45, 2.75) is 52.5 Å². The van der Waals surface area contributed by atoms with Gasteiger partial charge in [0, 0.05) is 38.1 Å². The van der Waals surface area contributed by atoms with Crippen LogP contribution in [-0.4, -0.2) is 62.2 Å². The van der Waals surface area contributed by atoms with Crippen LogP contribution in [0.3, 0.4) is 0 Å². The summed E-state index contributed by atoms with van der Waals surface area (Å²) >= 11 is 0. The highest BCUT2D eigenvalue weighted by molar-refractivity contribution is 14.0. The standard InChI is InChI=1S/C19H34N4O2.HI/c1-4-20-19(21-10-5-16-8-13-25-14-9-16)22-17-6-11-23(12-7-17)18(24)15(2)3;/h8,15,17H,4-7,9-14H2,1-3H3,(H2,20,21,22);1H. The molecule has 1 amide bonds. The Labute approximate surface area is 175 Å². The van der Waals surface area contributed by atoms with Crippen molar-refractivity contribution in [3.8, 4) is 0 Å². The van der Waals surface area contributed by atoms with Crippen LogP contribution >= 0.6 is 24.0 Å². The number of likely N-dealkylation sites (tertiary alicyclic amines) is 1. The molecule has 0 radical (unpaired) electrons. The fourth-order valence-corrected chi connectivity index (χ4v) is 3.23. The topological polar surface area (TPSA) is 66.0 Å². The van der Waals surface area contributed by atoms with Gasteiger partial charge in [0.15, 0.2) is 5.96 Å². The monoisotopic (exact) mass is 478 g/mol. The van der Waals surface area contributed by atoms with Crippen LogP contribution in [0.25, 0.3) is 0 Å². The molecule has 150 valence electrons. The van der Waals surface area contributed by atoms with Crippen LogP contribution in [0.15, 0.2) is 16.6 Å². The van der Waals surface area contributed by atoms with Gasteiger partial charge in [0.1, 0.15) is 0 Å². The lowest BCUT2D eigenvalue weighted by atomic mass is 10.0. The van der Waals surface area contributed by atoms with Gasteiger partial charge in [-0.15, -0.1) is 24.0 Å². The molecule has 2 rings (SSSR count). The van der Waals surface area contributed by atoms with Gasteiger partial charge in [-0.25, -0.2) is 0 Å². The van der Waals surface area contributed by atoms with Gasteiger partial charge in [-0.1, -0.05) is 25.5 Å². The fourth-order valence-electron chi connectivity index (χ4n) is 3.23. The zero-order valence-corrected chi connectivity index (χ0v) is 18.8. The smallest absolute Gasteiger partial charge is 0.225 e. The van der Waals surface area contributed by atoms with Crippen molar-refractivity contribution in [2.75, 3.05) is 39.4 Å². The van der Waals surface area contributed by atoms with Gasteiger partial charge in [-0.05, 0) is 32.6 Å². The number of carbonyl (C=O) groups excluding carboxylic acids is 1. The lowest BCUT2D eigenvalue weighted by Crippen LogP contribution is -2.50. The first-order valence-corrected chi connectivity index (χ1v) is 9.69. The number of guanidine groups is 1. The first kappa shape index (κ1) is 23.2. The van der Waals surface area contributed by atoms with Crippen LogP contribution < -0.4 is 10.6 Å². The third-order valence-corrected chi connectivity index (χ3v) is 4.75. The Bertz CT molecular complexity index is 486. The summed E-state index contributed by atoms with van der Waals surface area (Å²) in [6.07, 6.45) is 6.17. The number of ether oxygens (including phenoxy) is 1. The van der Waals surface area contributed by atoms with Gasteiger partial charge in [0.25, 0.3) is 0 Å². The number of hydrogen-bond donors (Lipinski definition) is 2. The molecule has 0 unspecified atom stereocenters. The Morgan fingerprint density at radius 1 is 1.38 bits per heavy atom. The number of aliphatic imine (C=N–C) groups is 1. The molecule has 1 saturated heterocycles. The summed E-state index contributed by atoms with van der Waals surface area (Å²) in [7, 11) is 0. The predicted octanol–water partition coefficient (Wildman–Crippen LogP) is 2.54. The maximum Gasteiger partial charge on any atom is 0.225 e. The van der Waals surface area contributed by atoms with E-state index in [9.17, 15) is 4.79 Å². The van der Waals surface area contributed by atoms with Crippen LogP contribution in [0.4, 0.5) is 0 Å². The van der Waals surface area contributed by atoms with Crippen molar-refractivity contribution in [2.24, 2.45) is 10.9 Å². The average Bonchev–Trinajstić information content (AvgIpc) is 2.62.